The summed E-state index contributed by atoms with van der Waals surface area (Å²) in [4.78, 5) is 56.7. The Morgan fingerprint density at radius 3 is 1.55 bits per heavy atom. The first-order valence-electron chi connectivity index (χ1n) is 19.0. The van der Waals surface area contributed by atoms with Gasteiger partial charge in [0.15, 0.2) is 0 Å². The van der Waals surface area contributed by atoms with Gasteiger partial charge in [0.05, 0.1) is 12.4 Å². The Bertz CT molecular complexity index is 2000. The van der Waals surface area contributed by atoms with E-state index in [0.717, 1.165) is 66.5 Å². The maximum atomic E-state index is 13.1. The van der Waals surface area contributed by atoms with Crippen LogP contribution in [0.4, 0.5) is 9.59 Å². The molecule has 3 aliphatic heterocycles. The minimum atomic E-state index is -0.452. The molecular formula is C41H45Cl3N8O6. The highest BCUT2D eigenvalue weighted by atomic mass is 35.5. The SMILES string of the molecule is CN1CCNCC1(CCCCN1C(=O)CN(N=Cc2ccc(-c3ccc(Cl)cc3)o2)C1=O)CCCCN1C(=O)CN(N=Cc2ccc(-c3ccc(Cl)cc3)o2)C1=O.Cl. The van der Waals surface area contributed by atoms with Crippen LogP contribution in [0.2, 0.25) is 10.0 Å². The lowest BCUT2D eigenvalue weighted by molar-refractivity contribution is -0.126. The molecule has 0 saturated carbocycles. The summed E-state index contributed by atoms with van der Waals surface area (Å²) in [6.45, 7) is 2.94. The number of carbonyl (C=O) groups is 4. The molecule has 7 rings (SSSR count). The molecule has 3 saturated heterocycles. The zero-order chi connectivity index (χ0) is 39.9. The van der Waals surface area contributed by atoms with Gasteiger partial charge >= 0.3 is 12.1 Å². The first-order valence-corrected chi connectivity index (χ1v) is 19.8. The molecule has 2 aromatic carbocycles. The minimum Gasteiger partial charge on any atom is -0.455 e. The second-order valence-electron chi connectivity index (χ2n) is 14.4. The van der Waals surface area contributed by atoms with Crippen LogP contribution in [0, 0.1) is 0 Å². The van der Waals surface area contributed by atoms with Gasteiger partial charge in [-0.15, -0.1) is 12.4 Å². The fraction of sp³-hybridized carbons (Fsp3) is 0.366. The first-order chi connectivity index (χ1) is 27.6. The molecule has 2 aromatic heterocycles. The summed E-state index contributed by atoms with van der Waals surface area (Å²) >= 11 is 12.0. The summed E-state index contributed by atoms with van der Waals surface area (Å²) in [5, 5.41) is 15.6. The lowest BCUT2D eigenvalue weighted by Gasteiger charge is -2.46. The standard InChI is InChI=1S/C41H44Cl2N8O6.ClH/c1-47-23-20-44-28-41(47,18-2-4-21-48-37(52)26-50(39(48)54)45-24-33-14-16-35(56-33)29-6-10-31(42)11-7-29)19-3-5-22-49-38(53)27-51(40(49)55)46-25-34-15-17-36(57-34)30-8-12-32(43)13-9-30;/h6-17,24-25,44H,2-5,18-23,26-28H2,1H3;1H. The largest absolute Gasteiger partial charge is 0.455 e. The molecular weight excluding hydrogens is 807 g/mol. The molecule has 3 aliphatic rings. The minimum absolute atomic E-state index is 0. The molecule has 306 valence electrons. The number of nitrogens with zero attached hydrogens (tertiary/aromatic N) is 7. The van der Waals surface area contributed by atoms with Crippen LogP contribution in [0.1, 0.15) is 50.0 Å². The van der Waals surface area contributed by atoms with Crippen LogP contribution in [-0.2, 0) is 9.59 Å². The number of hydrazone groups is 2. The van der Waals surface area contributed by atoms with Gasteiger partial charge in [0.2, 0.25) is 0 Å². The molecule has 3 fully saturated rings. The number of amides is 6. The molecule has 0 aliphatic carbocycles. The number of piperazine rings is 1. The van der Waals surface area contributed by atoms with E-state index in [1.807, 2.05) is 36.4 Å². The molecule has 0 atom stereocenters. The number of furan rings is 2. The van der Waals surface area contributed by atoms with E-state index in [0.29, 0.717) is 59.0 Å². The van der Waals surface area contributed by atoms with Crippen molar-refractivity contribution in [1.29, 1.82) is 0 Å². The number of rotatable bonds is 16. The van der Waals surface area contributed by atoms with E-state index in [-0.39, 0.29) is 42.8 Å². The molecule has 17 heteroatoms. The van der Waals surface area contributed by atoms with Crippen molar-refractivity contribution in [1.82, 2.24) is 30.0 Å². The summed E-state index contributed by atoms with van der Waals surface area (Å²) in [7, 11) is 2.13. The summed E-state index contributed by atoms with van der Waals surface area (Å²) in [5.41, 5.74) is 1.58. The van der Waals surface area contributed by atoms with Crippen LogP contribution < -0.4 is 5.32 Å². The zero-order valence-corrected chi connectivity index (χ0v) is 34.3. The Morgan fingerprint density at radius 2 is 1.12 bits per heavy atom. The molecule has 0 radical (unpaired) electrons. The van der Waals surface area contributed by atoms with E-state index >= 15 is 0 Å². The Kier molecular flexibility index (Phi) is 14.1. The van der Waals surface area contributed by atoms with Crippen LogP contribution in [0.5, 0.6) is 0 Å². The number of halogens is 3. The first kappa shape index (κ1) is 42.6. The van der Waals surface area contributed by atoms with Crippen molar-refractivity contribution in [3.63, 3.8) is 0 Å². The molecule has 0 spiro atoms. The van der Waals surface area contributed by atoms with E-state index in [1.54, 1.807) is 36.4 Å². The Morgan fingerprint density at radius 1 is 0.672 bits per heavy atom. The van der Waals surface area contributed by atoms with Gasteiger partial charge < -0.3 is 14.2 Å². The summed E-state index contributed by atoms with van der Waals surface area (Å²) in [6.07, 6.45) is 7.51. The average Bonchev–Trinajstić information content (AvgIpc) is 3.99. The quantitative estimate of drug-likeness (QED) is 0.0695. The highest BCUT2D eigenvalue weighted by molar-refractivity contribution is 6.31. The number of hydrogen-bond donors (Lipinski definition) is 1. The highest BCUT2D eigenvalue weighted by Crippen LogP contribution is 2.30. The summed E-state index contributed by atoms with van der Waals surface area (Å²) in [5.74, 6) is 1.60. The normalized spacial score (nSPS) is 19.2. The summed E-state index contributed by atoms with van der Waals surface area (Å²) in [6, 6.07) is 20.7. The molecule has 58 heavy (non-hydrogen) atoms. The van der Waals surface area contributed by atoms with Crippen molar-refractivity contribution in [3.8, 4) is 22.6 Å². The van der Waals surface area contributed by atoms with Crippen molar-refractivity contribution in [2.24, 2.45) is 10.2 Å². The Balaban J connectivity index is 0.00000567. The number of carbonyl (C=O) groups excluding carboxylic acids is 4. The van der Waals surface area contributed by atoms with E-state index in [1.165, 1.54) is 22.2 Å². The van der Waals surface area contributed by atoms with Crippen molar-refractivity contribution >= 4 is 71.9 Å². The third-order valence-corrected chi connectivity index (χ3v) is 11.2. The molecule has 14 nitrogen and oxygen atoms in total. The van der Waals surface area contributed by atoms with Crippen molar-refractivity contribution in [2.45, 2.75) is 44.1 Å². The van der Waals surface area contributed by atoms with E-state index < -0.39 is 12.1 Å². The van der Waals surface area contributed by atoms with Crippen molar-refractivity contribution < 1.29 is 28.0 Å². The fourth-order valence-electron chi connectivity index (χ4n) is 7.38. The van der Waals surface area contributed by atoms with Gasteiger partial charge in [0, 0.05) is 59.4 Å². The van der Waals surface area contributed by atoms with Gasteiger partial charge in [-0.25, -0.2) is 19.6 Å². The fourth-order valence-corrected chi connectivity index (χ4v) is 7.63. The Hall–Kier alpha value is -4.99. The molecule has 4 aromatic rings. The number of nitrogens with one attached hydrogen (secondary N) is 1. The maximum absolute atomic E-state index is 13.1. The second-order valence-corrected chi connectivity index (χ2v) is 15.3. The molecule has 0 unspecified atom stereocenters. The number of unbranched alkanes of at least 4 members (excludes halogenated alkanes) is 2. The van der Waals surface area contributed by atoms with E-state index in [4.69, 9.17) is 32.0 Å². The highest BCUT2D eigenvalue weighted by Gasteiger charge is 2.39. The van der Waals surface area contributed by atoms with Gasteiger partial charge in [-0.05, 0) is 118 Å². The number of imide groups is 2. The summed E-state index contributed by atoms with van der Waals surface area (Å²) < 4.78 is 11.7. The third kappa shape index (κ3) is 9.99. The van der Waals surface area contributed by atoms with Crippen LogP contribution in [0.3, 0.4) is 0 Å². The van der Waals surface area contributed by atoms with Gasteiger partial charge in [-0.3, -0.25) is 24.3 Å². The molecule has 5 heterocycles. The third-order valence-electron chi connectivity index (χ3n) is 10.7. The van der Waals surface area contributed by atoms with Crippen LogP contribution >= 0.6 is 35.6 Å². The Labute approximate surface area is 352 Å². The molecule has 0 bridgehead atoms. The topological polar surface area (TPSA) is 148 Å². The van der Waals surface area contributed by atoms with Crippen LogP contribution in [-0.4, -0.2) is 119 Å². The van der Waals surface area contributed by atoms with Gasteiger partial charge in [-0.1, -0.05) is 23.2 Å². The maximum Gasteiger partial charge on any atom is 0.347 e. The second kappa shape index (κ2) is 19.2. The molecule has 1 N–H and O–H groups in total. The number of hydrogen-bond acceptors (Lipinski definition) is 10. The van der Waals surface area contributed by atoms with Gasteiger partial charge in [-0.2, -0.15) is 10.2 Å². The number of urea groups is 2. The van der Waals surface area contributed by atoms with Crippen LogP contribution in [0.15, 0.2) is 91.8 Å². The van der Waals surface area contributed by atoms with E-state index in [9.17, 15) is 19.2 Å². The lowest BCUT2D eigenvalue weighted by Crippen LogP contribution is -2.59. The van der Waals surface area contributed by atoms with E-state index in [2.05, 4.69) is 27.5 Å². The smallest absolute Gasteiger partial charge is 0.347 e. The predicted octanol–water partition coefficient (Wildman–Crippen LogP) is 7.45. The van der Waals surface area contributed by atoms with Crippen molar-refractivity contribution in [2.75, 3.05) is 52.9 Å². The predicted molar refractivity (Wildman–Crippen MR) is 224 cm³/mol. The number of benzene rings is 2. The van der Waals surface area contributed by atoms with Crippen molar-refractivity contribution in [3.05, 3.63) is 94.4 Å². The molecule has 6 amide bonds. The zero-order valence-electron chi connectivity index (χ0n) is 32.0. The average molecular weight is 852 g/mol. The number of likely N-dealkylation sites (N-methyl/N-ethyl adjacent to an activating group) is 1. The lowest BCUT2D eigenvalue weighted by atomic mass is 9.84. The monoisotopic (exact) mass is 850 g/mol. The van der Waals surface area contributed by atoms with Crippen LogP contribution in [0.25, 0.3) is 22.6 Å². The van der Waals surface area contributed by atoms with Gasteiger partial charge in [0.25, 0.3) is 11.8 Å². The van der Waals surface area contributed by atoms with Gasteiger partial charge in [0.1, 0.15) is 36.1 Å².